The first-order chi connectivity index (χ1) is 12.8. The summed E-state index contributed by atoms with van der Waals surface area (Å²) in [7, 11) is 0. The van der Waals surface area contributed by atoms with Gasteiger partial charge in [-0.2, -0.15) is 4.98 Å². The van der Waals surface area contributed by atoms with Gasteiger partial charge in [0.05, 0.1) is 0 Å². The highest BCUT2D eigenvalue weighted by Crippen LogP contribution is 2.26. The van der Waals surface area contributed by atoms with Crippen molar-refractivity contribution in [1.82, 2.24) is 10.1 Å². The molecule has 0 radical (unpaired) electrons. The molecule has 0 fully saturated rings. The molecule has 3 aromatic carbocycles. The predicted molar refractivity (Wildman–Crippen MR) is 104 cm³/mol. The van der Waals surface area contributed by atoms with E-state index >= 15 is 0 Å². The van der Waals surface area contributed by atoms with E-state index in [1.165, 1.54) is 0 Å². The van der Waals surface area contributed by atoms with Gasteiger partial charge in [-0.25, -0.2) is 0 Å². The van der Waals surface area contributed by atoms with E-state index in [-0.39, 0.29) is 0 Å². The SMILES string of the molecule is Brc1ccc(-c2noc(-c3cccc(OCc4ccccc4)c3)n2)cc1. The highest BCUT2D eigenvalue weighted by atomic mass is 79.9. The zero-order valence-corrected chi connectivity index (χ0v) is 15.4. The lowest BCUT2D eigenvalue weighted by Crippen LogP contribution is -1.95. The second-order valence-corrected chi connectivity index (χ2v) is 6.65. The van der Waals surface area contributed by atoms with Gasteiger partial charge in [-0.1, -0.05) is 57.5 Å². The minimum absolute atomic E-state index is 0.466. The van der Waals surface area contributed by atoms with Gasteiger partial charge in [-0.3, -0.25) is 0 Å². The molecular weight excluding hydrogens is 392 g/mol. The van der Waals surface area contributed by atoms with Gasteiger partial charge in [0.1, 0.15) is 12.4 Å². The maximum absolute atomic E-state index is 5.86. The van der Waals surface area contributed by atoms with E-state index in [0.717, 1.165) is 26.9 Å². The van der Waals surface area contributed by atoms with Crippen LogP contribution in [-0.4, -0.2) is 10.1 Å². The molecule has 26 heavy (non-hydrogen) atoms. The first kappa shape index (κ1) is 16.5. The van der Waals surface area contributed by atoms with E-state index in [9.17, 15) is 0 Å². The summed E-state index contributed by atoms with van der Waals surface area (Å²) in [5.41, 5.74) is 2.85. The van der Waals surface area contributed by atoms with Crippen LogP contribution in [0.2, 0.25) is 0 Å². The molecule has 128 valence electrons. The topological polar surface area (TPSA) is 48.2 Å². The summed E-state index contributed by atoms with van der Waals surface area (Å²) >= 11 is 3.42. The Hall–Kier alpha value is -2.92. The van der Waals surface area contributed by atoms with Gasteiger partial charge in [-0.05, 0) is 48.0 Å². The van der Waals surface area contributed by atoms with Crippen LogP contribution >= 0.6 is 15.9 Å². The smallest absolute Gasteiger partial charge is 0.258 e. The second-order valence-electron chi connectivity index (χ2n) is 5.73. The number of hydrogen-bond donors (Lipinski definition) is 0. The molecule has 1 heterocycles. The van der Waals surface area contributed by atoms with Crippen LogP contribution in [0.3, 0.4) is 0 Å². The average molecular weight is 407 g/mol. The fourth-order valence-electron chi connectivity index (χ4n) is 2.52. The molecule has 0 saturated heterocycles. The third-order valence-electron chi connectivity index (χ3n) is 3.86. The van der Waals surface area contributed by atoms with E-state index < -0.39 is 0 Å². The largest absolute Gasteiger partial charge is 0.489 e. The first-order valence-corrected chi connectivity index (χ1v) is 8.94. The third-order valence-corrected chi connectivity index (χ3v) is 4.39. The summed E-state index contributed by atoms with van der Waals surface area (Å²) in [5.74, 6) is 1.78. The quantitative estimate of drug-likeness (QED) is 0.423. The van der Waals surface area contributed by atoms with E-state index in [4.69, 9.17) is 9.26 Å². The molecule has 4 nitrogen and oxygen atoms in total. The molecule has 0 aliphatic rings. The minimum atomic E-state index is 0.466. The van der Waals surface area contributed by atoms with E-state index in [2.05, 4.69) is 26.1 Å². The lowest BCUT2D eigenvalue weighted by Gasteiger charge is -2.06. The Bertz CT molecular complexity index is 998. The number of nitrogens with zero attached hydrogens (tertiary/aromatic N) is 2. The standard InChI is InChI=1S/C21H15BrN2O2/c22-18-11-9-16(10-12-18)20-23-21(26-24-20)17-7-4-8-19(13-17)25-14-15-5-2-1-3-6-15/h1-13H,14H2. The van der Waals surface area contributed by atoms with Crippen molar-refractivity contribution in [1.29, 1.82) is 0 Å². The average Bonchev–Trinajstić information content (AvgIpc) is 3.18. The first-order valence-electron chi connectivity index (χ1n) is 8.15. The van der Waals surface area contributed by atoms with Crippen LogP contribution in [0.5, 0.6) is 5.75 Å². The number of benzene rings is 3. The molecule has 4 aromatic rings. The van der Waals surface area contributed by atoms with Crippen molar-refractivity contribution in [2.24, 2.45) is 0 Å². The summed E-state index contributed by atoms with van der Waals surface area (Å²) in [6, 6.07) is 25.5. The summed E-state index contributed by atoms with van der Waals surface area (Å²) in [5, 5.41) is 4.07. The molecule has 4 rings (SSSR count). The van der Waals surface area contributed by atoms with Crippen LogP contribution in [0.1, 0.15) is 5.56 Å². The molecule has 0 bridgehead atoms. The van der Waals surface area contributed by atoms with Crippen molar-refractivity contribution < 1.29 is 9.26 Å². The lowest BCUT2D eigenvalue weighted by atomic mass is 10.2. The number of hydrogen-bond acceptors (Lipinski definition) is 4. The van der Waals surface area contributed by atoms with Gasteiger partial charge < -0.3 is 9.26 Å². The number of rotatable bonds is 5. The molecule has 0 aliphatic carbocycles. The van der Waals surface area contributed by atoms with Crippen LogP contribution in [0.15, 0.2) is 87.9 Å². The molecule has 5 heteroatoms. The van der Waals surface area contributed by atoms with Crippen LogP contribution in [-0.2, 0) is 6.61 Å². The molecule has 0 spiro atoms. The molecule has 0 atom stereocenters. The Morgan fingerprint density at radius 1 is 0.846 bits per heavy atom. The number of halogens is 1. The summed E-state index contributed by atoms with van der Waals surface area (Å²) in [4.78, 5) is 4.49. The zero-order chi connectivity index (χ0) is 17.8. The molecule has 1 aromatic heterocycles. The number of ether oxygens (including phenoxy) is 1. The van der Waals surface area contributed by atoms with Gasteiger partial charge in [0.25, 0.3) is 5.89 Å². The van der Waals surface area contributed by atoms with Crippen LogP contribution in [0.25, 0.3) is 22.8 Å². The fourth-order valence-corrected chi connectivity index (χ4v) is 2.78. The van der Waals surface area contributed by atoms with E-state index in [1.807, 2.05) is 78.9 Å². The highest BCUT2D eigenvalue weighted by molar-refractivity contribution is 9.10. The van der Waals surface area contributed by atoms with Crippen LogP contribution in [0, 0.1) is 0 Å². The van der Waals surface area contributed by atoms with Gasteiger partial charge >= 0.3 is 0 Å². The fraction of sp³-hybridized carbons (Fsp3) is 0.0476. The lowest BCUT2D eigenvalue weighted by molar-refractivity contribution is 0.306. The Labute approximate surface area is 159 Å². The van der Waals surface area contributed by atoms with Crippen molar-refractivity contribution in [3.63, 3.8) is 0 Å². The van der Waals surface area contributed by atoms with Crippen molar-refractivity contribution >= 4 is 15.9 Å². The molecule has 0 aliphatic heterocycles. The van der Waals surface area contributed by atoms with Gasteiger partial charge in [0.15, 0.2) is 0 Å². The second kappa shape index (κ2) is 7.54. The Morgan fingerprint density at radius 3 is 2.46 bits per heavy atom. The predicted octanol–water partition coefficient (Wildman–Crippen LogP) is 5.75. The van der Waals surface area contributed by atoms with Crippen molar-refractivity contribution in [3.8, 4) is 28.6 Å². The highest BCUT2D eigenvalue weighted by Gasteiger charge is 2.11. The summed E-state index contributed by atoms with van der Waals surface area (Å²) in [6.45, 7) is 0.512. The van der Waals surface area contributed by atoms with Crippen molar-refractivity contribution in [3.05, 3.63) is 88.9 Å². The van der Waals surface area contributed by atoms with Gasteiger partial charge in [-0.15, -0.1) is 0 Å². The summed E-state index contributed by atoms with van der Waals surface area (Å²) in [6.07, 6.45) is 0. The number of aromatic nitrogens is 2. The molecule has 0 N–H and O–H groups in total. The normalized spacial score (nSPS) is 10.7. The Balaban J connectivity index is 1.52. The van der Waals surface area contributed by atoms with Gasteiger partial charge in [0.2, 0.25) is 5.82 Å². The minimum Gasteiger partial charge on any atom is -0.489 e. The third kappa shape index (κ3) is 3.83. The molecule has 0 unspecified atom stereocenters. The van der Waals surface area contributed by atoms with Crippen LogP contribution < -0.4 is 4.74 Å². The Morgan fingerprint density at radius 2 is 1.65 bits per heavy atom. The molecule has 0 amide bonds. The molecule has 0 saturated carbocycles. The van der Waals surface area contributed by atoms with Crippen molar-refractivity contribution in [2.45, 2.75) is 6.61 Å². The monoisotopic (exact) mass is 406 g/mol. The van der Waals surface area contributed by atoms with E-state index in [0.29, 0.717) is 18.3 Å². The van der Waals surface area contributed by atoms with E-state index in [1.54, 1.807) is 0 Å². The molecular formula is C21H15BrN2O2. The van der Waals surface area contributed by atoms with Crippen LogP contribution in [0.4, 0.5) is 0 Å². The maximum Gasteiger partial charge on any atom is 0.258 e. The van der Waals surface area contributed by atoms with Gasteiger partial charge in [0, 0.05) is 15.6 Å². The zero-order valence-electron chi connectivity index (χ0n) is 13.8. The Kier molecular flexibility index (Phi) is 4.80. The maximum atomic E-state index is 5.86. The summed E-state index contributed by atoms with van der Waals surface area (Å²) < 4.78 is 12.3. The van der Waals surface area contributed by atoms with Crippen molar-refractivity contribution in [2.75, 3.05) is 0 Å².